The Labute approximate surface area is 105 Å². The van der Waals surface area contributed by atoms with Crippen molar-refractivity contribution >= 4 is 11.3 Å². The molecule has 2 N–H and O–H groups in total. The fourth-order valence-electron chi connectivity index (χ4n) is 1.66. The van der Waals surface area contributed by atoms with E-state index in [1.807, 2.05) is 24.9 Å². The van der Waals surface area contributed by atoms with Crippen molar-refractivity contribution in [3.63, 3.8) is 0 Å². The molecule has 4 nitrogen and oxygen atoms in total. The highest BCUT2D eigenvalue weighted by molar-refractivity contribution is 7.09. The average molecular weight is 250 g/mol. The molecule has 2 aromatic heterocycles. The Hall–Kier alpha value is -1.20. The summed E-state index contributed by atoms with van der Waals surface area (Å²) in [4.78, 5) is 4.59. The predicted molar refractivity (Wildman–Crippen MR) is 70.2 cm³/mol. The molecule has 1 atom stereocenters. The molecule has 0 aliphatic carbocycles. The summed E-state index contributed by atoms with van der Waals surface area (Å²) >= 11 is 1.63. The largest absolute Gasteiger partial charge is 0.318 e. The minimum Gasteiger partial charge on any atom is -0.318 e. The highest BCUT2D eigenvalue weighted by Gasteiger charge is 2.18. The Kier molecular flexibility index (Phi) is 3.31. The molecule has 0 spiro atoms. The molecule has 0 aromatic carbocycles. The normalized spacial score (nSPS) is 13.3. The second kappa shape index (κ2) is 4.58. The van der Waals surface area contributed by atoms with Crippen LogP contribution in [0.3, 0.4) is 0 Å². The smallest absolute Gasteiger partial charge is 0.114 e. The first-order chi connectivity index (χ1) is 8.00. The molecule has 0 saturated heterocycles. The molecular formula is C12H18N4S. The monoisotopic (exact) mass is 250 g/mol. The Morgan fingerprint density at radius 3 is 2.59 bits per heavy atom. The minimum atomic E-state index is -0.166. The van der Waals surface area contributed by atoms with E-state index >= 15 is 0 Å². The van der Waals surface area contributed by atoms with E-state index in [1.54, 1.807) is 11.3 Å². The van der Waals surface area contributed by atoms with Crippen LogP contribution in [0.15, 0.2) is 11.6 Å². The third kappa shape index (κ3) is 2.25. The summed E-state index contributed by atoms with van der Waals surface area (Å²) in [7, 11) is 1.92. The molecule has 5 heteroatoms. The van der Waals surface area contributed by atoms with Gasteiger partial charge in [0, 0.05) is 23.7 Å². The Bertz CT molecular complexity index is 512. The molecule has 92 valence electrons. The maximum Gasteiger partial charge on any atom is 0.114 e. The highest BCUT2D eigenvalue weighted by atomic mass is 32.1. The average Bonchev–Trinajstić information content (AvgIpc) is 2.87. The molecule has 0 saturated carbocycles. The van der Waals surface area contributed by atoms with Crippen LogP contribution in [0.2, 0.25) is 0 Å². The Morgan fingerprint density at radius 1 is 1.41 bits per heavy atom. The van der Waals surface area contributed by atoms with Gasteiger partial charge in [0.15, 0.2) is 0 Å². The first kappa shape index (κ1) is 12.3. The lowest BCUT2D eigenvalue weighted by Gasteiger charge is -2.08. The van der Waals surface area contributed by atoms with Gasteiger partial charge in [0.1, 0.15) is 5.01 Å². The SMILES string of the molecule is Cc1c(C(N)c2nc(C(C)C)cs2)cnn1C. The molecule has 0 bridgehead atoms. The van der Waals surface area contributed by atoms with Gasteiger partial charge >= 0.3 is 0 Å². The maximum atomic E-state index is 6.24. The van der Waals surface area contributed by atoms with Crippen LogP contribution in [0.1, 0.15) is 47.8 Å². The van der Waals surface area contributed by atoms with E-state index in [-0.39, 0.29) is 6.04 Å². The van der Waals surface area contributed by atoms with E-state index in [0.29, 0.717) is 5.92 Å². The Morgan fingerprint density at radius 2 is 2.12 bits per heavy atom. The molecule has 0 fully saturated rings. The van der Waals surface area contributed by atoms with Gasteiger partial charge in [0.25, 0.3) is 0 Å². The molecular weight excluding hydrogens is 232 g/mol. The van der Waals surface area contributed by atoms with Crippen LogP contribution < -0.4 is 5.73 Å². The van der Waals surface area contributed by atoms with E-state index in [9.17, 15) is 0 Å². The summed E-state index contributed by atoms with van der Waals surface area (Å²) in [5.41, 5.74) is 9.50. The molecule has 0 radical (unpaired) electrons. The molecule has 0 amide bonds. The number of nitrogens with two attached hydrogens (primary N) is 1. The van der Waals surface area contributed by atoms with E-state index in [0.717, 1.165) is 22.0 Å². The van der Waals surface area contributed by atoms with E-state index in [2.05, 4.69) is 29.3 Å². The van der Waals surface area contributed by atoms with Crippen LogP contribution in [0.25, 0.3) is 0 Å². The minimum absolute atomic E-state index is 0.166. The van der Waals surface area contributed by atoms with Crippen LogP contribution in [0.5, 0.6) is 0 Å². The summed E-state index contributed by atoms with van der Waals surface area (Å²) in [6.45, 7) is 6.30. The van der Waals surface area contributed by atoms with Gasteiger partial charge in [-0.3, -0.25) is 4.68 Å². The number of thiazole rings is 1. The summed E-state index contributed by atoms with van der Waals surface area (Å²) < 4.78 is 1.84. The predicted octanol–water partition coefficient (Wildman–Crippen LogP) is 2.36. The third-order valence-corrected chi connectivity index (χ3v) is 3.95. The van der Waals surface area contributed by atoms with Crippen LogP contribution in [-0.4, -0.2) is 14.8 Å². The summed E-state index contributed by atoms with van der Waals surface area (Å²) in [5.74, 6) is 0.446. The van der Waals surface area contributed by atoms with Gasteiger partial charge in [-0.1, -0.05) is 13.8 Å². The summed E-state index contributed by atoms with van der Waals surface area (Å²) in [6.07, 6.45) is 1.83. The first-order valence-corrected chi connectivity index (χ1v) is 6.58. The molecule has 1 unspecified atom stereocenters. The van der Waals surface area contributed by atoms with Gasteiger partial charge in [-0.15, -0.1) is 11.3 Å². The van der Waals surface area contributed by atoms with Gasteiger partial charge in [0.2, 0.25) is 0 Å². The topological polar surface area (TPSA) is 56.7 Å². The number of hydrogen-bond acceptors (Lipinski definition) is 4. The maximum absolute atomic E-state index is 6.24. The lowest BCUT2D eigenvalue weighted by Crippen LogP contribution is -2.12. The van der Waals surface area contributed by atoms with E-state index in [4.69, 9.17) is 5.73 Å². The van der Waals surface area contributed by atoms with Crippen molar-refractivity contribution in [2.45, 2.75) is 32.7 Å². The molecule has 2 rings (SSSR count). The second-order valence-corrected chi connectivity index (χ2v) is 5.44. The molecule has 2 aromatic rings. The van der Waals surface area contributed by atoms with Crippen LogP contribution in [0, 0.1) is 6.92 Å². The number of aromatic nitrogens is 3. The summed E-state index contributed by atoms with van der Waals surface area (Å²) in [5, 5.41) is 7.27. The van der Waals surface area contributed by atoms with Gasteiger partial charge < -0.3 is 5.73 Å². The van der Waals surface area contributed by atoms with Gasteiger partial charge in [-0.25, -0.2) is 4.98 Å². The number of hydrogen-bond donors (Lipinski definition) is 1. The van der Waals surface area contributed by atoms with Gasteiger partial charge in [0.05, 0.1) is 17.9 Å². The van der Waals surface area contributed by atoms with E-state index < -0.39 is 0 Å². The van der Waals surface area contributed by atoms with Crippen molar-refractivity contribution < 1.29 is 0 Å². The van der Waals surface area contributed by atoms with Crippen molar-refractivity contribution in [1.82, 2.24) is 14.8 Å². The molecule has 0 aliphatic heterocycles. The zero-order chi connectivity index (χ0) is 12.6. The van der Waals surface area contributed by atoms with Crippen LogP contribution in [0.4, 0.5) is 0 Å². The zero-order valence-electron chi connectivity index (χ0n) is 10.6. The summed E-state index contributed by atoms with van der Waals surface area (Å²) in [6, 6.07) is -0.166. The number of rotatable bonds is 3. The van der Waals surface area contributed by atoms with Gasteiger partial charge in [-0.2, -0.15) is 5.10 Å². The van der Waals surface area contributed by atoms with Crippen LogP contribution in [-0.2, 0) is 7.05 Å². The number of aryl methyl sites for hydroxylation is 1. The zero-order valence-corrected chi connectivity index (χ0v) is 11.5. The molecule has 17 heavy (non-hydrogen) atoms. The van der Waals surface area contributed by atoms with Crippen LogP contribution >= 0.6 is 11.3 Å². The quantitative estimate of drug-likeness (QED) is 0.909. The van der Waals surface area contributed by atoms with E-state index in [1.165, 1.54) is 0 Å². The number of nitrogens with zero attached hydrogens (tertiary/aromatic N) is 3. The van der Waals surface area contributed by atoms with Gasteiger partial charge in [-0.05, 0) is 12.8 Å². The second-order valence-electron chi connectivity index (χ2n) is 4.55. The van der Waals surface area contributed by atoms with Crippen molar-refractivity contribution in [1.29, 1.82) is 0 Å². The Balaban J connectivity index is 2.30. The lowest BCUT2D eigenvalue weighted by molar-refractivity contribution is 0.732. The molecule has 2 heterocycles. The standard InChI is InChI=1S/C12H18N4S/c1-7(2)10-6-17-12(15-10)11(13)9-5-14-16(4)8(9)3/h5-7,11H,13H2,1-4H3. The fraction of sp³-hybridized carbons (Fsp3) is 0.500. The van der Waals surface area contributed by atoms with Crippen molar-refractivity contribution in [3.05, 3.63) is 33.5 Å². The third-order valence-electron chi connectivity index (χ3n) is 3.01. The van der Waals surface area contributed by atoms with Crippen molar-refractivity contribution in [3.8, 4) is 0 Å². The fourth-order valence-corrected chi connectivity index (χ4v) is 2.66. The van der Waals surface area contributed by atoms with Crippen molar-refractivity contribution in [2.75, 3.05) is 0 Å². The molecule has 0 aliphatic rings. The first-order valence-electron chi connectivity index (χ1n) is 5.70. The van der Waals surface area contributed by atoms with Crippen molar-refractivity contribution in [2.24, 2.45) is 12.8 Å². The lowest BCUT2D eigenvalue weighted by atomic mass is 10.1. The highest BCUT2D eigenvalue weighted by Crippen LogP contribution is 2.27.